The maximum atomic E-state index is 9.81. The number of hydrogen-bond donors (Lipinski definition) is 2. The van der Waals surface area contributed by atoms with E-state index in [0.29, 0.717) is 11.6 Å². The highest BCUT2D eigenvalue weighted by atomic mass is 35.5. The van der Waals surface area contributed by atoms with E-state index in [-0.39, 0.29) is 18.7 Å². The summed E-state index contributed by atoms with van der Waals surface area (Å²) in [4.78, 5) is 0. The minimum absolute atomic E-state index is 0.0258. The molecule has 0 heterocycles. The van der Waals surface area contributed by atoms with Crippen LogP contribution in [0.25, 0.3) is 0 Å². The lowest BCUT2D eigenvalue weighted by Crippen LogP contribution is -2.27. The van der Waals surface area contributed by atoms with Crippen molar-refractivity contribution in [2.24, 2.45) is 0 Å². The Morgan fingerprint density at radius 3 is 2.67 bits per heavy atom. The first kappa shape index (κ1) is 18.6. The quantitative estimate of drug-likeness (QED) is 0.752. The van der Waals surface area contributed by atoms with Crippen molar-refractivity contribution in [1.82, 2.24) is 5.32 Å². The summed E-state index contributed by atoms with van der Waals surface area (Å²) in [5.74, 6) is 1.56. The lowest BCUT2D eigenvalue weighted by atomic mass is 10.0. The fraction of sp³-hybridized carbons (Fsp3) is 0.368. The lowest BCUT2D eigenvalue weighted by molar-refractivity contribution is 0.233. The number of nitrogens with one attached hydrogen (secondary N) is 1. The maximum absolute atomic E-state index is 9.81. The Morgan fingerprint density at radius 1 is 1.21 bits per heavy atom. The Hall–Kier alpha value is -1.75. The Morgan fingerprint density at radius 2 is 2.00 bits per heavy atom. The molecule has 0 spiro atoms. The fourth-order valence-electron chi connectivity index (χ4n) is 2.65. The Kier molecular flexibility index (Phi) is 6.91. The molecule has 0 aromatic heterocycles. The molecule has 2 atom stereocenters. The largest absolute Gasteiger partial charge is 0.497 e. The second-order valence-corrected chi connectivity index (χ2v) is 5.95. The van der Waals surface area contributed by atoms with Crippen LogP contribution in [0, 0.1) is 0 Å². The van der Waals surface area contributed by atoms with Gasteiger partial charge >= 0.3 is 0 Å². The van der Waals surface area contributed by atoms with Gasteiger partial charge < -0.3 is 19.9 Å². The second-order valence-electron chi connectivity index (χ2n) is 5.52. The molecule has 0 fully saturated rings. The van der Waals surface area contributed by atoms with Crippen molar-refractivity contribution >= 4 is 11.6 Å². The zero-order valence-corrected chi connectivity index (χ0v) is 15.0. The first-order valence-electron chi connectivity index (χ1n) is 8.02. The zero-order chi connectivity index (χ0) is 17.5. The van der Waals surface area contributed by atoms with E-state index in [4.69, 9.17) is 21.1 Å². The maximum Gasteiger partial charge on any atom is 0.124 e. The van der Waals surface area contributed by atoms with Crippen molar-refractivity contribution < 1.29 is 14.6 Å². The summed E-state index contributed by atoms with van der Waals surface area (Å²) >= 11 is 6.14. The van der Waals surface area contributed by atoms with Gasteiger partial charge in [0.1, 0.15) is 11.5 Å². The number of aliphatic hydroxyl groups is 1. The number of hydrogen-bond acceptors (Lipinski definition) is 4. The average Bonchev–Trinajstić information content (AvgIpc) is 2.61. The predicted octanol–water partition coefficient (Wildman–Crippen LogP) is 4.13. The number of ether oxygens (including phenoxy) is 2. The summed E-state index contributed by atoms with van der Waals surface area (Å²) in [6.45, 7) is 4.53. The SMILES string of the molecule is CCOc1ccc(Cl)cc1C(C)NC(CO)c1cccc(OC)c1. The molecule has 5 heteroatoms. The fourth-order valence-corrected chi connectivity index (χ4v) is 2.83. The summed E-state index contributed by atoms with van der Waals surface area (Å²) in [6, 6.07) is 13.0. The van der Waals surface area contributed by atoms with E-state index in [1.54, 1.807) is 7.11 Å². The third kappa shape index (κ3) is 4.63. The molecule has 2 N–H and O–H groups in total. The molecule has 24 heavy (non-hydrogen) atoms. The van der Waals surface area contributed by atoms with Crippen LogP contribution in [0.15, 0.2) is 42.5 Å². The van der Waals surface area contributed by atoms with Crippen LogP contribution >= 0.6 is 11.6 Å². The minimum atomic E-state index is -0.219. The van der Waals surface area contributed by atoms with Crippen LogP contribution in [0.2, 0.25) is 5.02 Å². The van der Waals surface area contributed by atoms with Crippen LogP contribution in [-0.2, 0) is 0 Å². The molecule has 2 unspecified atom stereocenters. The van der Waals surface area contributed by atoms with Crippen molar-refractivity contribution in [2.75, 3.05) is 20.3 Å². The molecule has 0 amide bonds. The lowest BCUT2D eigenvalue weighted by Gasteiger charge is -2.24. The number of methoxy groups -OCH3 is 1. The molecule has 2 rings (SSSR count). The Bertz CT molecular complexity index is 663. The van der Waals surface area contributed by atoms with Gasteiger partial charge in [-0.3, -0.25) is 0 Å². The van der Waals surface area contributed by atoms with Crippen LogP contribution in [0.5, 0.6) is 11.5 Å². The molecule has 0 aliphatic rings. The van der Waals surface area contributed by atoms with E-state index in [1.807, 2.05) is 56.3 Å². The highest BCUT2D eigenvalue weighted by molar-refractivity contribution is 6.30. The summed E-state index contributed by atoms with van der Waals surface area (Å²) in [5.41, 5.74) is 1.93. The monoisotopic (exact) mass is 349 g/mol. The molecular formula is C19H24ClNO3. The van der Waals surface area contributed by atoms with Gasteiger partial charge in [0, 0.05) is 16.6 Å². The van der Waals surface area contributed by atoms with Gasteiger partial charge in [0.05, 0.1) is 26.4 Å². The average molecular weight is 350 g/mol. The molecule has 0 radical (unpaired) electrons. The van der Waals surface area contributed by atoms with Crippen molar-refractivity contribution in [3.63, 3.8) is 0 Å². The molecule has 0 bridgehead atoms. The predicted molar refractivity (Wildman–Crippen MR) is 97.0 cm³/mol. The smallest absolute Gasteiger partial charge is 0.124 e. The topological polar surface area (TPSA) is 50.7 Å². The van der Waals surface area contributed by atoms with Crippen LogP contribution in [0.3, 0.4) is 0 Å². The molecule has 0 saturated carbocycles. The van der Waals surface area contributed by atoms with Crippen LogP contribution in [0.4, 0.5) is 0 Å². The molecular weight excluding hydrogens is 326 g/mol. The Labute approximate surface area is 148 Å². The van der Waals surface area contributed by atoms with Crippen molar-refractivity contribution in [3.05, 3.63) is 58.6 Å². The van der Waals surface area contributed by atoms with Gasteiger partial charge in [-0.25, -0.2) is 0 Å². The van der Waals surface area contributed by atoms with Crippen LogP contribution < -0.4 is 14.8 Å². The highest BCUT2D eigenvalue weighted by Crippen LogP contribution is 2.30. The third-order valence-corrected chi connectivity index (χ3v) is 4.10. The molecule has 130 valence electrons. The van der Waals surface area contributed by atoms with Crippen molar-refractivity contribution in [1.29, 1.82) is 0 Å². The summed E-state index contributed by atoms with van der Waals surface area (Å²) in [5, 5.41) is 13.9. The van der Waals surface area contributed by atoms with E-state index >= 15 is 0 Å². The Balaban J connectivity index is 2.22. The molecule has 2 aromatic carbocycles. The standard InChI is InChI=1S/C19H24ClNO3/c1-4-24-19-9-8-15(20)11-17(19)13(2)21-18(12-22)14-6-5-7-16(10-14)23-3/h5-11,13,18,21-22H,4,12H2,1-3H3. The number of benzene rings is 2. The summed E-state index contributed by atoms with van der Waals surface area (Å²) < 4.78 is 10.9. The first-order chi connectivity index (χ1) is 11.6. The number of halogens is 1. The number of rotatable bonds is 8. The third-order valence-electron chi connectivity index (χ3n) is 3.87. The van der Waals surface area contributed by atoms with E-state index in [1.165, 1.54) is 0 Å². The van der Waals surface area contributed by atoms with Crippen molar-refractivity contribution in [2.45, 2.75) is 25.9 Å². The molecule has 4 nitrogen and oxygen atoms in total. The van der Waals surface area contributed by atoms with Gasteiger partial charge in [0.2, 0.25) is 0 Å². The first-order valence-corrected chi connectivity index (χ1v) is 8.40. The molecule has 0 saturated heterocycles. The van der Waals surface area contributed by atoms with Gasteiger partial charge in [0.15, 0.2) is 0 Å². The van der Waals surface area contributed by atoms with Crippen LogP contribution in [0.1, 0.15) is 37.1 Å². The summed E-state index contributed by atoms with van der Waals surface area (Å²) in [7, 11) is 1.63. The number of aliphatic hydroxyl groups excluding tert-OH is 1. The van der Waals surface area contributed by atoms with Crippen LogP contribution in [-0.4, -0.2) is 25.4 Å². The van der Waals surface area contributed by atoms with Gasteiger partial charge in [0.25, 0.3) is 0 Å². The minimum Gasteiger partial charge on any atom is -0.497 e. The highest BCUT2D eigenvalue weighted by Gasteiger charge is 2.18. The second kappa shape index (κ2) is 8.92. The van der Waals surface area contributed by atoms with Gasteiger partial charge in [-0.1, -0.05) is 23.7 Å². The van der Waals surface area contributed by atoms with Gasteiger partial charge in [-0.2, -0.15) is 0 Å². The van der Waals surface area contributed by atoms with E-state index in [2.05, 4.69) is 5.32 Å². The van der Waals surface area contributed by atoms with Crippen molar-refractivity contribution in [3.8, 4) is 11.5 Å². The van der Waals surface area contributed by atoms with Gasteiger partial charge in [-0.15, -0.1) is 0 Å². The van der Waals surface area contributed by atoms with E-state index in [9.17, 15) is 5.11 Å². The van der Waals surface area contributed by atoms with E-state index < -0.39 is 0 Å². The zero-order valence-electron chi connectivity index (χ0n) is 14.3. The normalized spacial score (nSPS) is 13.4. The van der Waals surface area contributed by atoms with Gasteiger partial charge in [-0.05, 0) is 49.7 Å². The molecule has 0 aliphatic heterocycles. The molecule has 0 aliphatic carbocycles. The van der Waals surface area contributed by atoms with E-state index in [0.717, 1.165) is 22.6 Å². The molecule has 2 aromatic rings. The summed E-state index contributed by atoms with van der Waals surface area (Å²) in [6.07, 6.45) is 0.